The van der Waals surface area contributed by atoms with Crippen LogP contribution < -0.4 is 14.8 Å². The van der Waals surface area contributed by atoms with Crippen LogP contribution in [-0.4, -0.2) is 29.7 Å². The predicted octanol–water partition coefficient (Wildman–Crippen LogP) is 2.79. The molecule has 0 aromatic heterocycles. The molecule has 1 amide bonds. The van der Waals surface area contributed by atoms with Crippen LogP contribution in [0.5, 0.6) is 11.5 Å². The third-order valence-electron chi connectivity index (χ3n) is 3.75. The first kappa shape index (κ1) is 19.0. The molecule has 1 aliphatic rings. The van der Waals surface area contributed by atoms with E-state index in [1.807, 2.05) is 0 Å². The summed E-state index contributed by atoms with van der Waals surface area (Å²) in [6.07, 6.45) is -1.43. The van der Waals surface area contributed by atoms with Crippen molar-refractivity contribution in [3.63, 3.8) is 0 Å². The average molecular weight is 394 g/mol. The summed E-state index contributed by atoms with van der Waals surface area (Å²) in [6.45, 7) is 1.03. The zero-order valence-electron chi connectivity index (χ0n) is 14.2. The molecule has 1 atom stereocenters. The zero-order valence-corrected chi connectivity index (χ0v) is 14.2. The molecule has 1 heterocycles. The highest BCUT2D eigenvalue weighted by Gasteiger charge is 2.30. The molecule has 0 saturated carbocycles. The van der Waals surface area contributed by atoms with Crippen LogP contribution in [0, 0.1) is 21.7 Å². The van der Waals surface area contributed by atoms with Crippen molar-refractivity contribution in [2.24, 2.45) is 0 Å². The van der Waals surface area contributed by atoms with Gasteiger partial charge in [0.05, 0.1) is 16.7 Å². The van der Waals surface area contributed by atoms with Gasteiger partial charge in [-0.05, 0) is 19.1 Å². The number of hydrogen-bond acceptors (Lipinski definition) is 7. The Kier molecular flexibility index (Phi) is 5.07. The number of nitrogens with zero attached hydrogens (tertiary/aromatic N) is 1. The van der Waals surface area contributed by atoms with Crippen LogP contribution >= 0.6 is 0 Å². The summed E-state index contributed by atoms with van der Waals surface area (Å²) in [5, 5.41) is 13.3. The van der Waals surface area contributed by atoms with Crippen molar-refractivity contribution < 1.29 is 37.5 Å². The normalized spacial score (nSPS) is 13.0. The van der Waals surface area contributed by atoms with Gasteiger partial charge in [-0.3, -0.25) is 14.9 Å². The Morgan fingerprint density at radius 2 is 1.89 bits per heavy atom. The van der Waals surface area contributed by atoms with Crippen LogP contribution in [0.4, 0.5) is 20.2 Å². The number of benzene rings is 2. The van der Waals surface area contributed by atoms with Gasteiger partial charge in [0.2, 0.25) is 6.79 Å². The Morgan fingerprint density at radius 3 is 2.54 bits per heavy atom. The number of nitro groups is 1. The topological polar surface area (TPSA) is 117 Å². The minimum absolute atomic E-state index is 0.0980. The molecule has 146 valence electrons. The van der Waals surface area contributed by atoms with Crippen LogP contribution in [0.15, 0.2) is 30.3 Å². The molecule has 0 aliphatic carbocycles. The van der Waals surface area contributed by atoms with E-state index in [1.165, 1.54) is 6.92 Å². The van der Waals surface area contributed by atoms with E-state index in [4.69, 9.17) is 14.2 Å². The Bertz CT molecular complexity index is 980. The van der Waals surface area contributed by atoms with Crippen LogP contribution in [0.25, 0.3) is 0 Å². The number of nitrogens with one attached hydrogen (secondary N) is 1. The molecule has 0 bridgehead atoms. The summed E-state index contributed by atoms with van der Waals surface area (Å²) in [6, 6.07) is 4.60. The van der Waals surface area contributed by atoms with E-state index in [0.717, 1.165) is 24.3 Å². The van der Waals surface area contributed by atoms with Crippen LogP contribution in [0.1, 0.15) is 17.3 Å². The number of nitro benzene ring substituents is 1. The molecule has 2 aromatic rings. The van der Waals surface area contributed by atoms with E-state index in [1.54, 1.807) is 0 Å². The number of carbonyl (C=O) groups is 2. The molecule has 1 aliphatic heterocycles. The SMILES string of the molecule is CC(OC(=O)c1cc2c(cc1[N+](=O)[O-])OCO2)C(=O)Nc1ccc(F)cc1F. The van der Waals surface area contributed by atoms with Crippen molar-refractivity contribution in [1.82, 2.24) is 0 Å². The minimum Gasteiger partial charge on any atom is -0.454 e. The number of hydrogen-bond donors (Lipinski definition) is 1. The van der Waals surface area contributed by atoms with Crippen molar-refractivity contribution >= 4 is 23.3 Å². The Balaban J connectivity index is 1.75. The molecular weight excluding hydrogens is 382 g/mol. The maximum absolute atomic E-state index is 13.6. The highest BCUT2D eigenvalue weighted by atomic mass is 19.1. The fourth-order valence-electron chi connectivity index (χ4n) is 2.35. The molecule has 28 heavy (non-hydrogen) atoms. The molecule has 1 N–H and O–H groups in total. The molecule has 0 radical (unpaired) electrons. The summed E-state index contributed by atoms with van der Waals surface area (Å²) in [5.74, 6) is -3.71. The van der Waals surface area contributed by atoms with Crippen molar-refractivity contribution in [2.75, 3.05) is 12.1 Å². The average Bonchev–Trinajstić information content (AvgIpc) is 3.10. The van der Waals surface area contributed by atoms with Crippen LogP contribution in [0.2, 0.25) is 0 Å². The Labute approximate surface area is 156 Å². The zero-order chi connectivity index (χ0) is 20.4. The van der Waals surface area contributed by atoms with Gasteiger partial charge in [-0.25, -0.2) is 13.6 Å². The monoisotopic (exact) mass is 394 g/mol. The molecular formula is C17H12F2N2O7. The van der Waals surface area contributed by atoms with E-state index in [9.17, 15) is 28.5 Å². The number of halogens is 2. The second-order valence-electron chi connectivity index (χ2n) is 5.64. The highest BCUT2D eigenvalue weighted by Crippen LogP contribution is 2.38. The maximum atomic E-state index is 13.6. The smallest absolute Gasteiger partial charge is 0.346 e. The summed E-state index contributed by atoms with van der Waals surface area (Å²) in [7, 11) is 0. The van der Waals surface area contributed by atoms with E-state index in [0.29, 0.717) is 6.07 Å². The van der Waals surface area contributed by atoms with Gasteiger partial charge in [-0.15, -0.1) is 0 Å². The molecule has 0 spiro atoms. The lowest BCUT2D eigenvalue weighted by molar-refractivity contribution is -0.385. The van der Waals surface area contributed by atoms with Gasteiger partial charge in [0.1, 0.15) is 17.2 Å². The molecule has 9 nitrogen and oxygen atoms in total. The lowest BCUT2D eigenvalue weighted by Gasteiger charge is -2.14. The molecule has 0 saturated heterocycles. The quantitative estimate of drug-likeness (QED) is 0.471. The van der Waals surface area contributed by atoms with Crippen LogP contribution in [-0.2, 0) is 9.53 Å². The number of ether oxygens (including phenoxy) is 3. The van der Waals surface area contributed by atoms with E-state index in [2.05, 4.69) is 5.32 Å². The molecule has 11 heteroatoms. The lowest BCUT2D eigenvalue weighted by atomic mass is 10.1. The Hall–Kier alpha value is -3.76. The maximum Gasteiger partial charge on any atom is 0.346 e. The molecule has 0 fully saturated rings. The van der Waals surface area contributed by atoms with Crippen molar-refractivity contribution in [2.45, 2.75) is 13.0 Å². The van der Waals surface area contributed by atoms with Gasteiger partial charge in [-0.1, -0.05) is 0 Å². The van der Waals surface area contributed by atoms with Gasteiger partial charge in [0.15, 0.2) is 17.6 Å². The standard InChI is InChI=1S/C17H12F2N2O7/c1-8(16(22)20-12-3-2-9(18)4-11(12)19)28-17(23)10-5-14-15(27-7-26-14)6-13(10)21(24)25/h2-6,8H,7H2,1H3,(H,20,22). The van der Waals surface area contributed by atoms with Gasteiger partial charge < -0.3 is 19.5 Å². The summed E-state index contributed by atoms with van der Waals surface area (Å²) in [4.78, 5) is 34.8. The lowest BCUT2D eigenvalue weighted by Crippen LogP contribution is -2.30. The predicted molar refractivity (Wildman–Crippen MR) is 89.1 cm³/mol. The molecule has 3 rings (SSSR count). The fourth-order valence-corrected chi connectivity index (χ4v) is 2.35. The molecule has 1 unspecified atom stereocenters. The first-order valence-electron chi connectivity index (χ1n) is 7.81. The van der Waals surface area contributed by atoms with Gasteiger partial charge in [0.25, 0.3) is 11.6 Å². The fraction of sp³-hybridized carbons (Fsp3) is 0.176. The van der Waals surface area contributed by atoms with E-state index < -0.39 is 45.8 Å². The second-order valence-corrected chi connectivity index (χ2v) is 5.64. The summed E-state index contributed by atoms with van der Waals surface area (Å²) in [5.41, 5.74) is -1.35. The van der Waals surface area contributed by atoms with E-state index >= 15 is 0 Å². The third-order valence-corrected chi connectivity index (χ3v) is 3.75. The third kappa shape index (κ3) is 3.82. The first-order valence-corrected chi connectivity index (χ1v) is 7.81. The number of fused-ring (bicyclic) bond motifs is 1. The number of carbonyl (C=O) groups excluding carboxylic acids is 2. The van der Waals surface area contributed by atoms with Crippen molar-refractivity contribution in [3.8, 4) is 11.5 Å². The second kappa shape index (κ2) is 7.47. The number of amides is 1. The minimum atomic E-state index is -1.43. The Morgan fingerprint density at radius 1 is 1.21 bits per heavy atom. The summed E-state index contributed by atoms with van der Waals surface area (Å²) < 4.78 is 41.5. The van der Waals surface area contributed by atoms with E-state index in [-0.39, 0.29) is 24.0 Å². The molecule has 2 aromatic carbocycles. The number of anilines is 1. The van der Waals surface area contributed by atoms with Gasteiger partial charge >= 0.3 is 5.97 Å². The number of rotatable bonds is 5. The van der Waals surface area contributed by atoms with Gasteiger partial charge in [-0.2, -0.15) is 0 Å². The number of esters is 1. The largest absolute Gasteiger partial charge is 0.454 e. The highest BCUT2D eigenvalue weighted by molar-refractivity contribution is 5.99. The summed E-state index contributed by atoms with van der Waals surface area (Å²) >= 11 is 0. The van der Waals surface area contributed by atoms with Gasteiger partial charge in [0, 0.05) is 12.1 Å². The van der Waals surface area contributed by atoms with Crippen molar-refractivity contribution in [3.05, 3.63) is 57.6 Å². The van der Waals surface area contributed by atoms with Crippen LogP contribution in [0.3, 0.4) is 0 Å². The van der Waals surface area contributed by atoms with Crippen molar-refractivity contribution in [1.29, 1.82) is 0 Å². The first-order chi connectivity index (χ1) is 13.3.